The highest BCUT2D eigenvalue weighted by Crippen LogP contribution is 2.22. The van der Waals surface area contributed by atoms with Crippen LogP contribution in [0.2, 0.25) is 0 Å². The lowest BCUT2D eigenvalue weighted by Crippen LogP contribution is -2.30. The Balaban J connectivity index is 1.58. The van der Waals surface area contributed by atoms with Crippen LogP contribution in [0, 0.1) is 0 Å². The number of furan rings is 1. The summed E-state index contributed by atoms with van der Waals surface area (Å²) in [6.45, 7) is 2.69. The summed E-state index contributed by atoms with van der Waals surface area (Å²) < 4.78 is 5.44. The third kappa shape index (κ3) is 2.65. The van der Waals surface area contributed by atoms with Crippen molar-refractivity contribution in [3.05, 3.63) is 71.9 Å². The van der Waals surface area contributed by atoms with E-state index in [1.165, 1.54) is 5.56 Å². The van der Waals surface area contributed by atoms with Gasteiger partial charge in [0.25, 0.3) is 0 Å². The molecule has 4 heteroatoms. The number of rotatable bonds is 3. The highest BCUT2D eigenvalue weighted by molar-refractivity contribution is 5.54. The zero-order valence-electron chi connectivity index (χ0n) is 12.3. The quantitative estimate of drug-likeness (QED) is 0.742. The lowest BCUT2D eigenvalue weighted by atomic mass is 10.1. The van der Waals surface area contributed by atoms with E-state index in [2.05, 4.69) is 9.88 Å². The van der Waals surface area contributed by atoms with Crippen LogP contribution in [0.5, 0.6) is 0 Å². The average molecular weight is 291 g/mol. The second-order valence-electron chi connectivity index (χ2n) is 5.57. The van der Waals surface area contributed by atoms with Crippen molar-refractivity contribution in [1.82, 2.24) is 14.9 Å². The van der Waals surface area contributed by atoms with Crippen molar-refractivity contribution in [1.29, 1.82) is 0 Å². The fourth-order valence-electron chi connectivity index (χ4n) is 2.84. The molecule has 0 bridgehead atoms. The van der Waals surface area contributed by atoms with Crippen molar-refractivity contribution in [2.24, 2.45) is 0 Å². The van der Waals surface area contributed by atoms with E-state index in [9.17, 15) is 0 Å². The number of hydrogen-bond acceptors (Lipinski definition) is 4. The summed E-state index contributed by atoms with van der Waals surface area (Å²) in [6.07, 6.45) is 4.70. The van der Waals surface area contributed by atoms with E-state index >= 15 is 0 Å². The molecular formula is C18H17N3O. The summed E-state index contributed by atoms with van der Waals surface area (Å²) in [7, 11) is 0. The summed E-state index contributed by atoms with van der Waals surface area (Å²) in [5.41, 5.74) is 3.45. The molecular weight excluding hydrogens is 274 g/mol. The van der Waals surface area contributed by atoms with Gasteiger partial charge in [0.15, 0.2) is 5.82 Å². The highest BCUT2D eigenvalue weighted by Gasteiger charge is 2.19. The number of fused-ring (bicyclic) bond motifs is 1. The smallest absolute Gasteiger partial charge is 0.159 e. The van der Waals surface area contributed by atoms with Crippen LogP contribution >= 0.6 is 0 Å². The Morgan fingerprint density at radius 3 is 2.82 bits per heavy atom. The molecule has 0 spiro atoms. The molecule has 0 radical (unpaired) electrons. The maximum absolute atomic E-state index is 5.44. The summed E-state index contributed by atoms with van der Waals surface area (Å²) in [5, 5.41) is 0. The maximum atomic E-state index is 5.44. The van der Waals surface area contributed by atoms with Gasteiger partial charge in [-0.3, -0.25) is 4.90 Å². The zero-order valence-corrected chi connectivity index (χ0v) is 12.3. The van der Waals surface area contributed by atoms with Gasteiger partial charge in [-0.1, -0.05) is 30.3 Å². The molecule has 22 heavy (non-hydrogen) atoms. The summed E-state index contributed by atoms with van der Waals surface area (Å²) >= 11 is 0. The van der Waals surface area contributed by atoms with Gasteiger partial charge in [0.05, 0.1) is 18.5 Å². The second-order valence-corrected chi connectivity index (χ2v) is 5.57. The van der Waals surface area contributed by atoms with Gasteiger partial charge in [-0.05, 0) is 24.1 Å². The lowest BCUT2D eigenvalue weighted by Gasteiger charge is -2.27. The Morgan fingerprint density at radius 2 is 2.00 bits per heavy atom. The first-order valence-electron chi connectivity index (χ1n) is 7.53. The first kappa shape index (κ1) is 13.2. The molecule has 0 unspecified atom stereocenters. The predicted octanol–water partition coefficient (Wildman–Crippen LogP) is 3.29. The minimum absolute atomic E-state index is 0.805. The standard InChI is InChI=1S/C18H17N3O/c1-2-5-14(6-3-1)18-19-11-15-8-9-21(13-17(15)20-18)12-16-7-4-10-22-16/h1-7,10-11H,8-9,12-13H2. The fourth-order valence-corrected chi connectivity index (χ4v) is 2.84. The topological polar surface area (TPSA) is 42.2 Å². The van der Waals surface area contributed by atoms with Gasteiger partial charge in [0.2, 0.25) is 0 Å². The molecule has 0 amide bonds. The van der Waals surface area contributed by atoms with Gasteiger partial charge >= 0.3 is 0 Å². The van der Waals surface area contributed by atoms with E-state index in [0.29, 0.717) is 0 Å². The monoisotopic (exact) mass is 291 g/mol. The van der Waals surface area contributed by atoms with Gasteiger partial charge in [-0.25, -0.2) is 9.97 Å². The largest absolute Gasteiger partial charge is 0.468 e. The molecule has 0 fully saturated rings. The van der Waals surface area contributed by atoms with Gasteiger partial charge in [-0.2, -0.15) is 0 Å². The summed E-state index contributed by atoms with van der Waals surface area (Å²) in [5.74, 6) is 1.81. The predicted molar refractivity (Wildman–Crippen MR) is 84.0 cm³/mol. The molecule has 0 aliphatic carbocycles. The number of benzene rings is 1. The van der Waals surface area contributed by atoms with Crippen LogP contribution in [-0.2, 0) is 19.5 Å². The Hall–Kier alpha value is -2.46. The van der Waals surface area contributed by atoms with Gasteiger partial charge in [-0.15, -0.1) is 0 Å². The lowest BCUT2D eigenvalue weighted by molar-refractivity contribution is 0.222. The SMILES string of the molecule is c1ccc(-c2ncc3c(n2)CN(Cc2ccco2)CC3)cc1. The summed E-state index contributed by atoms with van der Waals surface area (Å²) in [4.78, 5) is 11.7. The molecule has 1 aromatic carbocycles. The zero-order chi connectivity index (χ0) is 14.8. The van der Waals surface area contributed by atoms with E-state index in [0.717, 1.165) is 48.9 Å². The van der Waals surface area contributed by atoms with Gasteiger partial charge in [0, 0.05) is 24.8 Å². The van der Waals surface area contributed by atoms with E-state index in [1.54, 1.807) is 6.26 Å². The number of hydrogen-bond donors (Lipinski definition) is 0. The van der Waals surface area contributed by atoms with E-state index in [4.69, 9.17) is 9.40 Å². The van der Waals surface area contributed by atoms with Gasteiger partial charge in [0.1, 0.15) is 5.76 Å². The van der Waals surface area contributed by atoms with Crippen LogP contribution in [-0.4, -0.2) is 21.4 Å². The Bertz CT molecular complexity index is 753. The number of nitrogens with zero attached hydrogens (tertiary/aromatic N) is 3. The van der Waals surface area contributed by atoms with Crippen LogP contribution in [0.15, 0.2) is 59.3 Å². The third-order valence-electron chi connectivity index (χ3n) is 4.02. The molecule has 4 rings (SSSR count). The summed E-state index contributed by atoms with van der Waals surface area (Å²) in [6, 6.07) is 14.1. The average Bonchev–Trinajstić information content (AvgIpc) is 3.08. The van der Waals surface area contributed by atoms with E-state index < -0.39 is 0 Å². The molecule has 1 aliphatic heterocycles. The van der Waals surface area contributed by atoms with Crippen molar-refractivity contribution >= 4 is 0 Å². The van der Waals surface area contributed by atoms with Crippen LogP contribution in [0.1, 0.15) is 17.0 Å². The first-order valence-corrected chi connectivity index (χ1v) is 7.53. The molecule has 0 N–H and O–H groups in total. The van der Waals surface area contributed by atoms with E-state index in [-0.39, 0.29) is 0 Å². The normalized spacial score (nSPS) is 14.7. The highest BCUT2D eigenvalue weighted by atomic mass is 16.3. The van der Waals surface area contributed by atoms with Crippen molar-refractivity contribution < 1.29 is 4.42 Å². The van der Waals surface area contributed by atoms with Crippen LogP contribution in [0.4, 0.5) is 0 Å². The minimum atomic E-state index is 0.805. The van der Waals surface area contributed by atoms with Crippen molar-refractivity contribution in [2.75, 3.05) is 6.54 Å². The first-order chi connectivity index (χ1) is 10.9. The molecule has 3 aromatic rings. The molecule has 2 aromatic heterocycles. The molecule has 4 nitrogen and oxygen atoms in total. The molecule has 0 atom stereocenters. The van der Waals surface area contributed by atoms with Crippen molar-refractivity contribution in [2.45, 2.75) is 19.5 Å². The fraction of sp³-hybridized carbons (Fsp3) is 0.222. The Labute approximate surface area is 129 Å². The second kappa shape index (κ2) is 5.73. The number of aromatic nitrogens is 2. The van der Waals surface area contributed by atoms with E-state index in [1.807, 2.05) is 48.7 Å². The molecule has 3 heterocycles. The van der Waals surface area contributed by atoms with Crippen molar-refractivity contribution in [3.8, 4) is 11.4 Å². The molecule has 0 saturated heterocycles. The Morgan fingerprint density at radius 1 is 1.09 bits per heavy atom. The van der Waals surface area contributed by atoms with Crippen LogP contribution in [0.3, 0.4) is 0 Å². The molecule has 1 aliphatic rings. The Kier molecular flexibility index (Phi) is 3.45. The third-order valence-corrected chi connectivity index (χ3v) is 4.02. The molecule has 110 valence electrons. The molecule has 0 saturated carbocycles. The van der Waals surface area contributed by atoms with Gasteiger partial charge < -0.3 is 4.42 Å². The van der Waals surface area contributed by atoms with Crippen LogP contribution in [0.25, 0.3) is 11.4 Å². The maximum Gasteiger partial charge on any atom is 0.159 e. The van der Waals surface area contributed by atoms with Crippen molar-refractivity contribution in [3.63, 3.8) is 0 Å². The minimum Gasteiger partial charge on any atom is -0.468 e. The van der Waals surface area contributed by atoms with Crippen LogP contribution < -0.4 is 0 Å².